The molecule has 1 atom stereocenters. The molecule has 6 nitrogen and oxygen atoms in total. The SMILES string of the molecule is O=C(CCc1ccccc1)N1CCC[C@@H](c2noc(-c3ccccn3)n2)C1. The summed E-state index contributed by atoms with van der Waals surface area (Å²) >= 11 is 0. The molecule has 138 valence electrons. The van der Waals surface area contributed by atoms with Gasteiger partial charge in [-0.25, -0.2) is 0 Å². The summed E-state index contributed by atoms with van der Waals surface area (Å²) in [5.74, 6) is 1.40. The Bertz CT molecular complexity index is 879. The Morgan fingerprint density at radius 2 is 2.00 bits per heavy atom. The van der Waals surface area contributed by atoms with Crippen LogP contribution in [0.2, 0.25) is 0 Å². The second kappa shape index (κ2) is 8.12. The van der Waals surface area contributed by atoms with E-state index in [1.54, 1.807) is 6.20 Å². The van der Waals surface area contributed by atoms with E-state index >= 15 is 0 Å². The quantitative estimate of drug-likeness (QED) is 0.695. The van der Waals surface area contributed by atoms with Crippen molar-refractivity contribution < 1.29 is 9.32 Å². The van der Waals surface area contributed by atoms with E-state index in [1.165, 1.54) is 5.56 Å². The number of nitrogens with zero attached hydrogens (tertiary/aromatic N) is 4. The lowest BCUT2D eigenvalue weighted by molar-refractivity contribution is -0.132. The molecule has 1 aliphatic rings. The monoisotopic (exact) mass is 362 g/mol. The number of carbonyl (C=O) groups excluding carboxylic acids is 1. The molecule has 0 unspecified atom stereocenters. The van der Waals surface area contributed by atoms with Gasteiger partial charge in [-0.3, -0.25) is 9.78 Å². The number of likely N-dealkylation sites (tertiary alicyclic amines) is 1. The first-order valence-electron chi connectivity index (χ1n) is 9.36. The second-order valence-electron chi connectivity index (χ2n) is 6.84. The van der Waals surface area contributed by atoms with Crippen LogP contribution in [-0.2, 0) is 11.2 Å². The fourth-order valence-electron chi connectivity index (χ4n) is 3.46. The molecule has 1 aromatic carbocycles. The lowest BCUT2D eigenvalue weighted by atomic mass is 9.97. The Morgan fingerprint density at radius 1 is 1.15 bits per heavy atom. The van der Waals surface area contributed by atoms with Crippen molar-refractivity contribution in [2.45, 2.75) is 31.6 Å². The number of benzene rings is 1. The first kappa shape index (κ1) is 17.4. The van der Waals surface area contributed by atoms with Gasteiger partial charge in [0.15, 0.2) is 5.82 Å². The maximum Gasteiger partial charge on any atom is 0.276 e. The maximum absolute atomic E-state index is 12.6. The van der Waals surface area contributed by atoms with Gasteiger partial charge in [-0.05, 0) is 37.0 Å². The fourth-order valence-corrected chi connectivity index (χ4v) is 3.46. The highest BCUT2D eigenvalue weighted by molar-refractivity contribution is 5.76. The van der Waals surface area contributed by atoms with Crippen LogP contribution in [0.4, 0.5) is 0 Å². The largest absolute Gasteiger partial charge is 0.342 e. The zero-order chi connectivity index (χ0) is 18.5. The molecule has 27 heavy (non-hydrogen) atoms. The summed E-state index contributed by atoms with van der Waals surface area (Å²) in [6.07, 6.45) is 4.92. The van der Waals surface area contributed by atoms with E-state index in [2.05, 4.69) is 27.3 Å². The second-order valence-corrected chi connectivity index (χ2v) is 6.84. The van der Waals surface area contributed by atoms with Gasteiger partial charge in [0.25, 0.3) is 5.89 Å². The molecular formula is C21H22N4O2. The molecule has 0 saturated carbocycles. The van der Waals surface area contributed by atoms with Gasteiger partial charge >= 0.3 is 0 Å². The van der Waals surface area contributed by atoms with Gasteiger partial charge in [-0.2, -0.15) is 4.98 Å². The third-order valence-electron chi connectivity index (χ3n) is 4.94. The van der Waals surface area contributed by atoms with Crippen LogP contribution >= 0.6 is 0 Å². The van der Waals surface area contributed by atoms with Crippen molar-refractivity contribution in [3.05, 3.63) is 66.1 Å². The topological polar surface area (TPSA) is 72.1 Å². The van der Waals surface area contributed by atoms with Crippen LogP contribution < -0.4 is 0 Å². The van der Waals surface area contributed by atoms with Gasteiger partial charge in [-0.1, -0.05) is 41.6 Å². The fraction of sp³-hybridized carbons (Fsp3) is 0.333. The van der Waals surface area contributed by atoms with Gasteiger partial charge in [-0.15, -0.1) is 0 Å². The average Bonchev–Trinajstić information content (AvgIpc) is 3.24. The normalized spacial score (nSPS) is 17.0. The average molecular weight is 362 g/mol. The molecule has 0 bridgehead atoms. The first-order valence-corrected chi connectivity index (χ1v) is 9.36. The highest BCUT2D eigenvalue weighted by Crippen LogP contribution is 2.27. The Balaban J connectivity index is 1.38. The summed E-state index contributed by atoms with van der Waals surface area (Å²) in [6.45, 7) is 1.45. The molecule has 1 fully saturated rings. The van der Waals surface area contributed by atoms with Gasteiger partial charge in [0, 0.05) is 31.6 Å². The summed E-state index contributed by atoms with van der Waals surface area (Å²) in [7, 11) is 0. The highest BCUT2D eigenvalue weighted by Gasteiger charge is 2.28. The molecule has 0 spiro atoms. The van der Waals surface area contributed by atoms with Crippen molar-refractivity contribution in [3.8, 4) is 11.6 Å². The number of aromatic nitrogens is 3. The Kier molecular flexibility index (Phi) is 5.23. The zero-order valence-electron chi connectivity index (χ0n) is 15.1. The van der Waals surface area contributed by atoms with E-state index in [9.17, 15) is 4.79 Å². The first-order chi connectivity index (χ1) is 13.3. The number of aryl methyl sites for hydroxylation is 1. The summed E-state index contributed by atoms with van der Waals surface area (Å²) in [6, 6.07) is 15.7. The van der Waals surface area contributed by atoms with Crippen molar-refractivity contribution >= 4 is 5.91 Å². The maximum atomic E-state index is 12.6. The van der Waals surface area contributed by atoms with Crippen molar-refractivity contribution in [2.75, 3.05) is 13.1 Å². The van der Waals surface area contributed by atoms with Crippen molar-refractivity contribution in [1.29, 1.82) is 0 Å². The standard InChI is InChI=1S/C21H22N4O2/c26-19(12-11-16-7-2-1-3-8-16)25-14-6-9-17(15-25)20-23-21(27-24-20)18-10-4-5-13-22-18/h1-5,7-8,10,13,17H,6,9,11-12,14-15H2/t17-/m1/s1. The summed E-state index contributed by atoms with van der Waals surface area (Å²) in [5, 5.41) is 4.14. The third kappa shape index (κ3) is 4.22. The van der Waals surface area contributed by atoms with Gasteiger partial charge < -0.3 is 9.42 Å². The van der Waals surface area contributed by atoms with Crippen molar-refractivity contribution in [1.82, 2.24) is 20.0 Å². The molecule has 0 N–H and O–H groups in total. The van der Waals surface area contributed by atoms with Crippen LogP contribution in [0.15, 0.2) is 59.3 Å². The van der Waals surface area contributed by atoms with Crippen LogP contribution in [0, 0.1) is 0 Å². The number of hydrogen-bond donors (Lipinski definition) is 0. The van der Waals surface area contributed by atoms with Crippen LogP contribution in [0.1, 0.15) is 36.6 Å². The molecule has 1 amide bonds. The molecule has 6 heteroatoms. The predicted octanol–water partition coefficient (Wildman–Crippen LogP) is 3.47. The number of pyridine rings is 1. The minimum atomic E-state index is 0.112. The lowest BCUT2D eigenvalue weighted by Crippen LogP contribution is -2.39. The number of amides is 1. The summed E-state index contributed by atoms with van der Waals surface area (Å²) in [4.78, 5) is 23.3. The number of hydrogen-bond acceptors (Lipinski definition) is 5. The minimum absolute atomic E-state index is 0.112. The van der Waals surface area contributed by atoms with Crippen LogP contribution in [0.5, 0.6) is 0 Å². The molecule has 2 aromatic heterocycles. The lowest BCUT2D eigenvalue weighted by Gasteiger charge is -2.31. The van der Waals surface area contributed by atoms with E-state index in [1.807, 2.05) is 41.3 Å². The van der Waals surface area contributed by atoms with Crippen molar-refractivity contribution in [3.63, 3.8) is 0 Å². The third-order valence-corrected chi connectivity index (χ3v) is 4.94. The van der Waals surface area contributed by atoms with E-state index in [0.29, 0.717) is 30.4 Å². The van der Waals surface area contributed by atoms with E-state index in [0.717, 1.165) is 25.8 Å². The van der Waals surface area contributed by atoms with Gasteiger partial charge in [0.1, 0.15) is 5.69 Å². The van der Waals surface area contributed by atoms with Gasteiger partial charge in [0.05, 0.1) is 0 Å². The summed E-state index contributed by atoms with van der Waals surface area (Å²) in [5.41, 5.74) is 1.86. The predicted molar refractivity (Wildman–Crippen MR) is 101 cm³/mol. The van der Waals surface area contributed by atoms with Crippen molar-refractivity contribution in [2.24, 2.45) is 0 Å². The molecule has 4 rings (SSSR count). The Labute approximate surface area is 158 Å². The van der Waals surface area contributed by atoms with Crippen LogP contribution in [0.3, 0.4) is 0 Å². The van der Waals surface area contributed by atoms with Gasteiger partial charge in [0.2, 0.25) is 5.91 Å². The van der Waals surface area contributed by atoms with Crippen LogP contribution in [0.25, 0.3) is 11.6 Å². The number of rotatable bonds is 5. The smallest absolute Gasteiger partial charge is 0.276 e. The molecule has 0 radical (unpaired) electrons. The van der Waals surface area contributed by atoms with Crippen LogP contribution in [-0.4, -0.2) is 39.0 Å². The molecule has 1 aliphatic heterocycles. The highest BCUT2D eigenvalue weighted by atomic mass is 16.5. The van der Waals surface area contributed by atoms with E-state index < -0.39 is 0 Å². The van der Waals surface area contributed by atoms with E-state index in [4.69, 9.17) is 4.52 Å². The summed E-state index contributed by atoms with van der Waals surface area (Å²) < 4.78 is 5.38. The molecular weight excluding hydrogens is 340 g/mol. The molecule has 0 aliphatic carbocycles. The minimum Gasteiger partial charge on any atom is -0.342 e. The number of carbonyl (C=O) groups is 1. The Hall–Kier alpha value is -3.02. The van der Waals surface area contributed by atoms with E-state index in [-0.39, 0.29) is 11.8 Å². The molecule has 3 aromatic rings. The number of piperidine rings is 1. The Morgan fingerprint density at radius 3 is 2.81 bits per heavy atom. The molecule has 1 saturated heterocycles. The zero-order valence-corrected chi connectivity index (χ0v) is 15.1. The molecule has 3 heterocycles.